The molecule has 1 saturated heterocycles. The van der Waals surface area contributed by atoms with Crippen LogP contribution in [-0.4, -0.2) is 36.0 Å². The highest BCUT2D eigenvalue weighted by atomic mass is 16.2. The van der Waals surface area contributed by atoms with Crippen molar-refractivity contribution in [3.63, 3.8) is 0 Å². The third-order valence-corrected chi connectivity index (χ3v) is 4.36. The Labute approximate surface area is 105 Å². The standard InChI is InChI=1S/C14H26N2O/c1-11-7-6-8-13(11)15-12(2)14(17)16-9-4-3-5-10-16/h11-13,15H,3-10H2,1-2H3. The third kappa shape index (κ3) is 3.21. The highest BCUT2D eigenvalue weighted by Gasteiger charge is 2.28. The van der Waals surface area contributed by atoms with Crippen LogP contribution in [0.4, 0.5) is 0 Å². The van der Waals surface area contributed by atoms with Crippen molar-refractivity contribution in [1.82, 2.24) is 10.2 Å². The molecule has 1 aliphatic heterocycles. The fourth-order valence-corrected chi connectivity index (χ4v) is 3.17. The predicted octanol–water partition coefficient (Wildman–Crippen LogP) is 2.17. The molecule has 1 N–H and O–H groups in total. The van der Waals surface area contributed by atoms with E-state index in [4.69, 9.17) is 0 Å². The van der Waals surface area contributed by atoms with Gasteiger partial charge in [0, 0.05) is 19.1 Å². The molecule has 98 valence electrons. The minimum Gasteiger partial charge on any atom is -0.341 e. The molecule has 1 heterocycles. The molecule has 0 aromatic rings. The van der Waals surface area contributed by atoms with Crippen molar-refractivity contribution in [3.05, 3.63) is 0 Å². The zero-order valence-corrected chi connectivity index (χ0v) is 11.2. The van der Waals surface area contributed by atoms with E-state index < -0.39 is 0 Å². The predicted molar refractivity (Wildman–Crippen MR) is 69.8 cm³/mol. The molecule has 3 unspecified atom stereocenters. The molecular weight excluding hydrogens is 212 g/mol. The Kier molecular flexibility index (Phi) is 4.43. The van der Waals surface area contributed by atoms with E-state index in [0.717, 1.165) is 19.0 Å². The number of hydrogen-bond acceptors (Lipinski definition) is 2. The number of likely N-dealkylation sites (tertiary alicyclic amines) is 1. The highest BCUT2D eigenvalue weighted by Crippen LogP contribution is 2.25. The molecular formula is C14H26N2O. The molecule has 1 amide bonds. The fraction of sp³-hybridized carbons (Fsp3) is 0.929. The van der Waals surface area contributed by atoms with E-state index in [0.29, 0.717) is 11.9 Å². The van der Waals surface area contributed by atoms with E-state index >= 15 is 0 Å². The largest absolute Gasteiger partial charge is 0.341 e. The first-order valence-electron chi connectivity index (χ1n) is 7.23. The maximum absolute atomic E-state index is 12.3. The van der Waals surface area contributed by atoms with Crippen molar-refractivity contribution < 1.29 is 4.79 Å². The van der Waals surface area contributed by atoms with Crippen LogP contribution in [0.15, 0.2) is 0 Å². The number of piperidine rings is 1. The Balaban J connectivity index is 1.81. The maximum Gasteiger partial charge on any atom is 0.239 e. The van der Waals surface area contributed by atoms with Crippen molar-refractivity contribution in [2.45, 2.75) is 64.5 Å². The summed E-state index contributed by atoms with van der Waals surface area (Å²) in [4.78, 5) is 14.3. The lowest BCUT2D eigenvalue weighted by molar-refractivity contribution is -0.134. The summed E-state index contributed by atoms with van der Waals surface area (Å²) in [7, 11) is 0. The van der Waals surface area contributed by atoms with Crippen LogP contribution in [0.2, 0.25) is 0 Å². The SMILES string of the molecule is CC(NC1CCCC1C)C(=O)N1CCCCC1. The zero-order valence-electron chi connectivity index (χ0n) is 11.2. The van der Waals surface area contributed by atoms with Crippen LogP contribution in [-0.2, 0) is 4.79 Å². The summed E-state index contributed by atoms with van der Waals surface area (Å²) < 4.78 is 0. The summed E-state index contributed by atoms with van der Waals surface area (Å²) in [5.74, 6) is 1.04. The van der Waals surface area contributed by atoms with Crippen LogP contribution in [0.5, 0.6) is 0 Å². The van der Waals surface area contributed by atoms with Gasteiger partial charge in [0.05, 0.1) is 6.04 Å². The van der Waals surface area contributed by atoms with E-state index in [9.17, 15) is 4.79 Å². The molecule has 1 aliphatic carbocycles. The quantitative estimate of drug-likeness (QED) is 0.817. The van der Waals surface area contributed by atoms with Gasteiger partial charge in [-0.25, -0.2) is 0 Å². The van der Waals surface area contributed by atoms with Crippen molar-refractivity contribution in [1.29, 1.82) is 0 Å². The Morgan fingerprint density at radius 3 is 2.47 bits per heavy atom. The van der Waals surface area contributed by atoms with E-state index in [1.807, 2.05) is 11.8 Å². The van der Waals surface area contributed by atoms with Gasteiger partial charge in [0.1, 0.15) is 0 Å². The van der Waals surface area contributed by atoms with E-state index in [2.05, 4.69) is 12.2 Å². The lowest BCUT2D eigenvalue weighted by atomic mass is 10.0. The zero-order chi connectivity index (χ0) is 12.3. The van der Waals surface area contributed by atoms with Crippen molar-refractivity contribution >= 4 is 5.91 Å². The smallest absolute Gasteiger partial charge is 0.239 e. The summed E-state index contributed by atoms with van der Waals surface area (Å²) in [6, 6.07) is 0.553. The Hall–Kier alpha value is -0.570. The lowest BCUT2D eigenvalue weighted by Gasteiger charge is -2.31. The first-order valence-corrected chi connectivity index (χ1v) is 7.23. The van der Waals surface area contributed by atoms with Crippen LogP contribution in [0.1, 0.15) is 52.4 Å². The molecule has 2 aliphatic rings. The number of carbonyl (C=O) groups excluding carboxylic acids is 1. The van der Waals surface area contributed by atoms with Gasteiger partial charge in [0.2, 0.25) is 5.91 Å². The summed E-state index contributed by atoms with van der Waals surface area (Å²) in [6.07, 6.45) is 7.49. The normalized spacial score (nSPS) is 31.5. The Morgan fingerprint density at radius 1 is 1.18 bits per heavy atom. The molecule has 3 heteroatoms. The molecule has 0 spiro atoms. The molecule has 17 heavy (non-hydrogen) atoms. The van der Waals surface area contributed by atoms with Crippen LogP contribution in [0.3, 0.4) is 0 Å². The molecule has 0 aromatic heterocycles. The number of carbonyl (C=O) groups is 1. The maximum atomic E-state index is 12.3. The topological polar surface area (TPSA) is 32.3 Å². The van der Waals surface area contributed by atoms with Gasteiger partial charge >= 0.3 is 0 Å². The summed E-state index contributed by atoms with van der Waals surface area (Å²) in [5, 5.41) is 3.53. The minimum absolute atomic E-state index is 0.00125. The number of nitrogens with one attached hydrogen (secondary N) is 1. The molecule has 1 saturated carbocycles. The van der Waals surface area contributed by atoms with E-state index in [1.54, 1.807) is 0 Å². The number of amides is 1. The molecule has 0 aromatic carbocycles. The summed E-state index contributed by atoms with van der Waals surface area (Å²) >= 11 is 0. The van der Waals surface area contributed by atoms with Crippen LogP contribution >= 0.6 is 0 Å². The van der Waals surface area contributed by atoms with Gasteiger partial charge in [0.15, 0.2) is 0 Å². The molecule has 3 atom stereocenters. The van der Waals surface area contributed by atoms with Crippen LogP contribution in [0.25, 0.3) is 0 Å². The highest BCUT2D eigenvalue weighted by molar-refractivity contribution is 5.81. The summed E-state index contributed by atoms with van der Waals surface area (Å²) in [6.45, 7) is 6.25. The van der Waals surface area contributed by atoms with E-state index in [1.165, 1.54) is 38.5 Å². The third-order valence-electron chi connectivity index (χ3n) is 4.36. The molecule has 2 fully saturated rings. The average Bonchev–Trinajstić information content (AvgIpc) is 2.75. The van der Waals surface area contributed by atoms with Gasteiger partial charge in [-0.05, 0) is 44.9 Å². The number of rotatable bonds is 3. The number of hydrogen-bond donors (Lipinski definition) is 1. The Bertz CT molecular complexity index is 261. The lowest BCUT2D eigenvalue weighted by Crippen LogP contribution is -2.50. The van der Waals surface area contributed by atoms with Gasteiger partial charge in [-0.3, -0.25) is 4.79 Å². The van der Waals surface area contributed by atoms with Gasteiger partial charge < -0.3 is 10.2 Å². The minimum atomic E-state index is -0.00125. The van der Waals surface area contributed by atoms with Gasteiger partial charge in [-0.1, -0.05) is 13.3 Å². The van der Waals surface area contributed by atoms with Gasteiger partial charge in [-0.15, -0.1) is 0 Å². The van der Waals surface area contributed by atoms with Gasteiger partial charge in [0.25, 0.3) is 0 Å². The molecule has 0 bridgehead atoms. The van der Waals surface area contributed by atoms with Crippen LogP contribution in [0, 0.1) is 5.92 Å². The first kappa shape index (κ1) is 12.9. The average molecular weight is 238 g/mol. The fourth-order valence-electron chi connectivity index (χ4n) is 3.17. The Morgan fingerprint density at radius 2 is 1.88 bits per heavy atom. The first-order chi connectivity index (χ1) is 8.18. The second-order valence-electron chi connectivity index (χ2n) is 5.79. The molecule has 0 radical (unpaired) electrons. The van der Waals surface area contributed by atoms with E-state index in [-0.39, 0.29) is 6.04 Å². The van der Waals surface area contributed by atoms with Crippen molar-refractivity contribution in [3.8, 4) is 0 Å². The number of nitrogens with zero attached hydrogens (tertiary/aromatic N) is 1. The second-order valence-corrected chi connectivity index (χ2v) is 5.79. The van der Waals surface area contributed by atoms with Crippen LogP contribution < -0.4 is 5.32 Å². The summed E-state index contributed by atoms with van der Waals surface area (Å²) in [5.41, 5.74) is 0. The second kappa shape index (κ2) is 5.85. The van der Waals surface area contributed by atoms with Gasteiger partial charge in [-0.2, -0.15) is 0 Å². The van der Waals surface area contributed by atoms with Crippen molar-refractivity contribution in [2.24, 2.45) is 5.92 Å². The van der Waals surface area contributed by atoms with Crippen molar-refractivity contribution in [2.75, 3.05) is 13.1 Å². The monoisotopic (exact) mass is 238 g/mol. The molecule has 3 nitrogen and oxygen atoms in total. The molecule has 2 rings (SSSR count).